The van der Waals surface area contributed by atoms with Gasteiger partial charge in [-0.05, 0) is 45.0 Å². The van der Waals surface area contributed by atoms with Crippen molar-refractivity contribution >= 4 is 12.1 Å². The molecule has 1 rings (SSSR count). The summed E-state index contributed by atoms with van der Waals surface area (Å²) in [6.07, 6.45) is 1.93. The maximum Gasteiger partial charge on any atom is 0.513 e. The Kier molecular flexibility index (Phi) is 7.01. The molecule has 0 aliphatic carbocycles. The van der Waals surface area contributed by atoms with Gasteiger partial charge in [-0.15, -0.1) is 0 Å². The van der Waals surface area contributed by atoms with Crippen molar-refractivity contribution in [2.75, 3.05) is 13.2 Å². The maximum atomic E-state index is 11.8. The van der Waals surface area contributed by atoms with Crippen molar-refractivity contribution in [3.63, 3.8) is 0 Å². The first-order chi connectivity index (χ1) is 10.1. The van der Waals surface area contributed by atoms with Gasteiger partial charge in [-0.25, -0.2) is 9.59 Å². The molecule has 21 heavy (non-hydrogen) atoms. The minimum absolute atomic E-state index is 0.245. The zero-order valence-corrected chi connectivity index (χ0v) is 12.5. The second-order valence-electron chi connectivity index (χ2n) is 4.33. The maximum absolute atomic E-state index is 11.8. The van der Waals surface area contributed by atoms with E-state index in [-0.39, 0.29) is 6.61 Å². The molecule has 0 spiro atoms. The Morgan fingerprint density at radius 3 is 2.38 bits per heavy atom. The summed E-state index contributed by atoms with van der Waals surface area (Å²) < 4.78 is 14.7. The van der Waals surface area contributed by atoms with Gasteiger partial charge in [-0.3, -0.25) is 0 Å². The molecule has 0 saturated heterocycles. The van der Waals surface area contributed by atoms with Crippen LogP contribution in [0.4, 0.5) is 4.79 Å². The van der Waals surface area contributed by atoms with Crippen LogP contribution < -0.4 is 4.74 Å². The molecule has 5 nitrogen and oxygen atoms in total. The summed E-state index contributed by atoms with van der Waals surface area (Å²) in [6, 6.07) is 6.12. The van der Waals surface area contributed by atoms with Crippen LogP contribution >= 0.6 is 0 Å². The van der Waals surface area contributed by atoms with Crippen LogP contribution in [-0.4, -0.2) is 25.3 Å². The number of benzene rings is 1. The monoisotopic (exact) mass is 292 g/mol. The van der Waals surface area contributed by atoms with Gasteiger partial charge in [-0.2, -0.15) is 0 Å². The van der Waals surface area contributed by atoms with Crippen molar-refractivity contribution < 1.29 is 23.8 Å². The number of carbonyl (C=O) groups is 2. The molecule has 1 aromatic carbocycles. The van der Waals surface area contributed by atoms with E-state index < -0.39 is 12.1 Å². The fourth-order valence-electron chi connectivity index (χ4n) is 1.43. The molecule has 0 aliphatic rings. The average molecular weight is 292 g/mol. The van der Waals surface area contributed by atoms with Crippen molar-refractivity contribution in [3.05, 3.63) is 41.5 Å². The SMILES string of the molecule is CC=C(C)CCOC(=O)c1ccc(OC(=O)OCC)cc1. The van der Waals surface area contributed by atoms with E-state index in [0.29, 0.717) is 24.3 Å². The van der Waals surface area contributed by atoms with Crippen LogP contribution in [0.3, 0.4) is 0 Å². The molecule has 0 fully saturated rings. The summed E-state index contributed by atoms with van der Waals surface area (Å²) in [4.78, 5) is 22.9. The molecule has 0 saturated carbocycles. The third-order valence-electron chi connectivity index (χ3n) is 2.78. The minimum Gasteiger partial charge on any atom is -0.462 e. The molecule has 5 heteroatoms. The van der Waals surface area contributed by atoms with E-state index in [1.54, 1.807) is 19.1 Å². The Labute approximate surface area is 124 Å². The predicted molar refractivity (Wildman–Crippen MR) is 78.4 cm³/mol. The Balaban J connectivity index is 2.49. The molecule has 0 unspecified atom stereocenters. The predicted octanol–water partition coefficient (Wildman–Crippen LogP) is 3.74. The van der Waals surface area contributed by atoms with Crippen LogP contribution in [0, 0.1) is 0 Å². The first-order valence-corrected chi connectivity index (χ1v) is 6.80. The Morgan fingerprint density at radius 1 is 1.14 bits per heavy atom. The number of hydrogen-bond donors (Lipinski definition) is 0. The topological polar surface area (TPSA) is 61.8 Å². The van der Waals surface area contributed by atoms with Crippen molar-refractivity contribution in [1.82, 2.24) is 0 Å². The summed E-state index contributed by atoms with van der Waals surface area (Å²) in [5.74, 6) is -0.0867. The lowest BCUT2D eigenvalue weighted by atomic mass is 10.2. The minimum atomic E-state index is -0.769. The van der Waals surface area contributed by atoms with Gasteiger partial charge >= 0.3 is 12.1 Å². The van der Waals surface area contributed by atoms with Gasteiger partial charge < -0.3 is 14.2 Å². The quantitative estimate of drug-likeness (QED) is 0.454. The lowest BCUT2D eigenvalue weighted by molar-refractivity contribution is 0.0509. The fraction of sp³-hybridized carbons (Fsp3) is 0.375. The van der Waals surface area contributed by atoms with Gasteiger partial charge in [0, 0.05) is 6.42 Å². The number of ether oxygens (including phenoxy) is 3. The highest BCUT2D eigenvalue weighted by Gasteiger charge is 2.09. The molecule has 0 amide bonds. The van der Waals surface area contributed by atoms with E-state index >= 15 is 0 Å². The van der Waals surface area contributed by atoms with Crippen molar-refractivity contribution in [2.24, 2.45) is 0 Å². The fourth-order valence-corrected chi connectivity index (χ4v) is 1.43. The summed E-state index contributed by atoms with van der Waals surface area (Å²) in [6.45, 7) is 6.20. The lowest BCUT2D eigenvalue weighted by Gasteiger charge is -2.06. The smallest absolute Gasteiger partial charge is 0.462 e. The van der Waals surface area contributed by atoms with Crippen molar-refractivity contribution in [1.29, 1.82) is 0 Å². The number of esters is 1. The van der Waals surface area contributed by atoms with Gasteiger partial charge in [0.2, 0.25) is 0 Å². The van der Waals surface area contributed by atoms with Crippen LogP contribution in [0.25, 0.3) is 0 Å². The van der Waals surface area contributed by atoms with E-state index in [4.69, 9.17) is 9.47 Å². The number of hydrogen-bond acceptors (Lipinski definition) is 5. The lowest BCUT2D eigenvalue weighted by Crippen LogP contribution is -2.10. The second-order valence-corrected chi connectivity index (χ2v) is 4.33. The Hall–Kier alpha value is -2.30. The van der Waals surface area contributed by atoms with E-state index in [0.717, 1.165) is 0 Å². The summed E-state index contributed by atoms with van der Waals surface area (Å²) >= 11 is 0. The first kappa shape index (κ1) is 16.8. The standard InChI is InChI=1S/C16H20O5/c1-4-12(3)10-11-20-15(17)13-6-8-14(9-7-13)21-16(18)19-5-2/h4,6-9H,5,10-11H2,1-3H3. The first-order valence-electron chi connectivity index (χ1n) is 6.80. The molecule has 0 aliphatic heterocycles. The van der Waals surface area contributed by atoms with E-state index in [1.807, 2.05) is 19.9 Å². The van der Waals surface area contributed by atoms with Gasteiger partial charge in [-0.1, -0.05) is 11.6 Å². The van der Waals surface area contributed by atoms with Gasteiger partial charge in [0.05, 0.1) is 18.8 Å². The van der Waals surface area contributed by atoms with Crippen LogP contribution in [0.1, 0.15) is 37.6 Å². The Morgan fingerprint density at radius 2 is 1.81 bits per heavy atom. The zero-order valence-electron chi connectivity index (χ0n) is 12.5. The number of carbonyl (C=O) groups excluding carboxylic acids is 2. The number of rotatable bonds is 6. The van der Waals surface area contributed by atoms with Crippen LogP contribution in [0.5, 0.6) is 5.75 Å². The zero-order chi connectivity index (χ0) is 15.7. The van der Waals surface area contributed by atoms with Gasteiger partial charge in [0.25, 0.3) is 0 Å². The van der Waals surface area contributed by atoms with Gasteiger partial charge in [0.1, 0.15) is 5.75 Å². The molecule has 0 radical (unpaired) electrons. The normalized spacial score (nSPS) is 10.9. The molecular weight excluding hydrogens is 272 g/mol. The van der Waals surface area contributed by atoms with Gasteiger partial charge in [0.15, 0.2) is 0 Å². The molecule has 0 bridgehead atoms. The third kappa shape index (κ3) is 6.12. The van der Waals surface area contributed by atoms with Crippen LogP contribution in [-0.2, 0) is 9.47 Å². The highest BCUT2D eigenvalue weighted by Crippen LogP contribution is 2.14. The summed E-state index contributed by atoms with van der Waals surface area (Å²) in [7, 11) is 0. The van der Waals surface area contributed by atoms with Crippen molar-refractivity contribution in [2.45, 2.75) is 27.2 Å². The van der Waals surface area contributed by atoms with E-state index in [2.05, 4.69) is 4.74 Å². The second kappa shape index (κ2) is 8.79. The molecule has 114 valence electrons. The molecular formula is C16H20O5. The molecule has 0 atom stereocenters. The molecule has 0 heterocycles. The van der Waals surface area contributed by atoms with E-state index in [1.165, 1.54) is 17.7 Å². The van der Waals surface area contributed by atoms with Crippen LogP contribution in [0.15, 0.2) is 35.9 Å². The van der Waals surface area contributed by atoms with E-state index in [9.17, 15) is 9.59 Å². The molecule has 0 N–H and O–H groups in total. The molecule has 1 aromatic rings. The average Bonchev–Trinajstić information content (AvgIpc) is 2.47. The highest BCUT2D eigenvalue weighted by atomic mass is 16.7. The summed E-state index contributed by atoms with van der Waals surface area (Å²) in [5.41, 5.74) is 1.57. The number of allylic oxidation sites excluding steroid dienone is 1. The molecule has 0 aromatic heterocycles. The Bertz CT molecular complexity index is 502. The summed E-state index contributed by atoms with van der Waals surface area (Å²) in [5, 5.41) is 0. The van der Waals surface area contributed by atoms with Crippen LogP contribution in [0.2, 0.25) is 0 Å². The third-order valence-corrected chi connectivity index (χ3v) is 2.78. The van der Waals surface area contributed by atoms with Crippen molar-refractivity contribution in [3.8, 4) is 5.75 Å². The highest BCUT2D eigenvalue weighted by molar-refractivity contribution is 5.89. The largest absolute Gasteiger partial charge is 0.513 e.